The first kappa shape index (κ1) is 18.9. The normalized spacial score (nSPS) is 15.7. The zero-order chi connectivity index (χ0) is 19.1. The topological polar surface area (TPSA) is 73.2 Å². The summed E-state index contributed by atoms with van der Waals surface area (Å²) < 4.78 is 6.99. The third-order valence-electron chi connectivity index (χ3n) is 4.62. The minimum atomic E-state index is -0.802. The summed E-state index contributed by atoms with van der Waals surface area (Å²) in [7, 11) is 0. The smallest absolute Gasteiger partial charge is 0.331 e. The Morgan fingerprint density at radius 2 is 2.04 bits per heavy atom. The standard InChI is InChI=1S/C21H25N3O3/c1-16(21(26)23-19-9-5-6-10-19)27-20(25)12-11-18-13-22-24(15-18)14-17-7-3-2-4-8-17/h2-4,7-8,11-13,15-16,19H,5-6,9-10,14H2,1H3,(H,23,26)/b12-11+/t16-/m0/s1. The van der Waals surface area contributed by atoms with Crippen LogP contribution in [0.5, 0.6) is 0 Å². The molecule has 1 aromatic heterocycles. The maximum atomic E-state index is 12.1. The van der Waals surface area contributed by atoms with Crippen molar-refractivity contribution in [1.82, 2.24) is 15.1 Å². The molecular weight excluding hydrogens is 342 g/mol. The Labute approximate surface area is 159 Å². The molecule has 0 saturated heterocycles. The molecule has 1 aliphatic rings. The average Bonchev–Trinajstić information content (AvgIpc) is 3.33. The fourth-order valence-corrected chi connectivity index (χ4v) is 3.14. The van der Waals surface area contributed by atoms with Gasteiger partial charge in [-0.3, -0.25) is 9.48 Å². The Balaban J connectivity index is 1.47. The molecule has 6 heteroatoms. The highest BCUT2D eigenvalue weighted by Crippen LogP contribution is 2.17. The predicted molar refractivity (Wildman–Crippen MR) is 103 cm³/mol. The quantitative estimate of drug-likeness (QED) is 0.603. The van der Waals surface area contributed by atoms with E-state index in [4.69, 9.17) is 4.74 Å². The molecule has 1 aromatic carbocycles. The summed E-state index contributed by atoms with van der Waals surface area (Å²) in [6.45, 7) is 2.26. The van der Waals surface area contributed by atoms with Crippen LogP contribution in [0.3, 0.4) is 0 Å². The number of nitrogens with one attached hydrogen (secondary N) is 1. The Hall–Kier alpha value is -2.89. The molecule has 0 unspecified atom stereocenters. The van der Waals surface area contributed by atoms with Crippen molar-refractivity contribution in [1.29, 1.82) is 0 Å². The highest BCUT2D eigenvalue weighted by Gasteiger charge is 2.22. The predicted octanol–water partition coefficient (Wildman–Crippen LogP) is 2.94. The number of carbonyl (C=O) groups excluding carboxylic acids is 2. The number of hydrogen-bond donors (Lipinski definition) is 1. The van der Waals surface area contributed by atoms with Crippen LogP contribution in [0.4, 0.5) is 0 Å². The highest BCUT2D eigenvalue weighted by molar-refractivity contribution is 5.90. The molecule has 1 amide bonds. The van der Waals surface area contributed by atoms with Crippen LogP contribution in [0.25, 0.3) is 6.08 Å². The molecule has 142 valence electrons. The summed E-state index contributed by atoms with van der Waals surface area (Å²) in [6.07, 6.45) is 9.97. The Kier molecular flexibility index (Phi) is 6.41. The lowest BCUT2D eigenvalue weighted by molar-refractivity contribution is -0.150. The number of carbonyl (C=O) groups is 2. The van der Waals surface area contributed by atoms with Crippen molar-refractivity contribution in [2.75, 3.05) is 0 Å². The van der Waals surface area contributed by atoms with E-state index in [1.54, 1.807) is 23.9 Å². The number of rotatable bonds is 7. The minimum Gasteiger partial charge on any atom is -0.449 e. The Morgan fingerprint density at radius 1 is 1.30 bits per heavy atom. The van der Waals surface area contributed by atoms with Crippen LogP contribution < -0.4 is 5.32 Å². The fourth-order valence-electron chi connectivity index (χ4n) is 3.14. The molecule has 1 fully saturated rings. The van der Waals surface area contributed by atoms with E-state index >= 15 is 0 Å². The van der Waals surface area contributed by atoms with Gasteiger partial charge in [-0.2, -0.15) is 5.10 Å². The number of nitrogens with zero attached hydrogens (tertiary/aromatic N) is 2. The number of esters is 1. The van der Waals surface area contributed by atoms with Crippen molar-refractivity contribution >= 4 is 18.0 Å². The van der Waals surface area contributed by atoms with E-state index in [2.05, 4.69) is 10.4 Å². The largest absolute Gasteiger partial charge is 0.449 e. The first-order valence-corrected chi connectivity index (χ1v) is 9.35. The maximum absolute atomic E-state index is 12.1. The fraction of sp³-hybridized carbons (Fsp3) is 0.381. The maximum Gasteiger partial charge on any atom is 0.331 e. The van der Waals surface area contributed by atoms with Gasteiger partial charge in [-0.1, -0.05) is 43.2 Å². The number of hydrogen-bond acceptors (Lipinski definition) is 4. The number of benzene rings is 1. The van der Waals surface area contributed by atoms with Gasteiger partial charge in [0.1, 0.15) is 0 Å². The summed E-state index contributed by atoms with van der Waals surface area (Å²) in [5, 5.41) is 7.22. The van der Waals surface area contributed by atoms with Gasteiger partial charge in [-0.05, 0) is 31.4 Å². The van der Waals surface area contributed by atoms with Gasteiger partial charge >= 0.3 is 5.97 Å². The second-order valence-electron chi connectivity index (χ2n) is 6.86. The first-order chi connectivity index (χ1) is 13.1. The van der Waals surface area contributed by atoms with E-state index in [1.807, 2.05) is 36.5 Å². The van der Waals surface area contributed by atoms with E-state index in [9.17, 15) is 9.59 Å². The highest BCUT2D eigenvalue weighted by atomic mass is 16.5. The van der Waals surface area contributed by atoms with Crippen LogP contribution >= 0.6 is 0 Å². The van der Waals surface area contributed by atoms with Gasteiger partial charge in [0.15, 0.2) is 6.10 Å². The molecular formula is C21H25N3O3. The van der Waals surface area contributed by atoms with E-state index < -0.39 is 12.1 Å². The molecule has 2 aromatic rings. The molecule has 1 aliphatic carbocycles. The Morgan fingerprint density at radius 3 is 2.78 bits per heavy atom. The van der Waals surface area contributed by atoms with Crippen LogP contribution in [-0.4, -0.2) is 33.8 Å². The lowest BCUT2D eigenvalue weighted by atomic mass is 10.2. The van der Waals surface area contributed by atoms with Crippen molar-refractivity contribution in [3.63, 3.8) is 0 Å². The summed E-state index contributed by atoms with van der Waals surface area (Å²) in [5.41, 5.74) is 1.95. The van der Waals surface area contributed by atoms with E-state index in [-0.39, 0.29) is 11.9 Å². The van der Waals surface area contributed by atoms with Gasteiger partial charge in [0.2, 0.25) is 0 Å². The third-order valence-corrected chi connectivity index (χ3v) is 4.62. The number of amides is 1. The van der Waals surface area contributed by atoms with Crippen LogP contribution in [0.1, 0.15) is 43.7 Å². The summed E-state index contributed by atoms with van der Waals surface area (Å²) in [6, 6.07) is 10.2. The van der Waals surface area contributed by atoms with Crippen LogP contribution in [-0.2, 0) is 20.9 Å². The molecule has 1 N–H and O–H groups in total. The molecule has 27 heavy (non-hydrogen) atoms. The van der Waals surface area contributed by atoms with Crippen molar-refractivity contribution in [2.45, 2.75) is 51.3 Å². The molecule has 0 aliphatic heterocycles. The zero-order valence-electron chi connectivity index (χ0n) is 15.5. The van der Waals surface area contributed by atoms with Crippen molar-refractivity contribution in [3.05, 3.63) is 59.9 Å². The van der Waals surface area contributed by atoms with Gasteiger partial charge < -0.3 is 10.1 Å². The molecule has 1 atom stereocenters. The van der Waals surface area contributed by atoms with Crippen LogP contribution in [0.2, 0.25) is 0 Å². The van der Waals surface area contributed by atoms with Crippen LogP contribution in [0, 0.1) is 0 Å². The second kappa shape index (κ2) is 9.16. The van der Waals surface area contributed by atoms with Gasteiger partial charge in [-0.25, -0.2) is 4.79 Å². The van der Waals surface area contributed by atoms with Gasteiger partial charge in [-0.15, -0.1) is 0 Å². The minimum absolute atomic E-state index is 0.213. The van der Waals surface area contributed by atoms with Crippen molar-refractivity contribution in [3.8, 4) is 0 Å². The summed E-state index contributed by atoms with van der Waals surface area (Å²) in [4.78, 5) is 24.0. The number of ether oxygens (including phenoxy) is 1. The molecule has 0 bridgehead atoms. The molecule has 3 rings (SSSR count). The Bertz CT molecular complexity index is 792. The third kappa shape index (κ3) is 5.81. The van der Waals surface area contributed by atoms with E-state index in [0.717, 1.165) is 36.8 Å². The first-order valence-electron chi connectivity index (χ1n) is 9.35. The molecule has 1 saturated carbocycles. The SMILES string of the molecule is C[C@H](OC(=O)/C=C/c1cnn(Cc2ccccc2)c1)C(=O)NC1CCCC1. The van der Waals surface area contributed by atoms with Gasteiger partial charge in [0.05, 0.1) is 12.7 Å². The number of aromatic nitrogens is 2. The molecule has 6 nitrogen and oxygen atoms in total. The van der Waals surface area contributed by atoms with Crippen molar-refractivity contribution in [2.24, 2.45) is 0 Å². The molecule has 0 spiro atoms. The van der Waals surface area contributed by atoms with Crippen molar-refractivity contribution < 1.29 is 14.3 Å². The molecule has 0 radical (unpaired) electrons. The lowest BCUT2D eigenvalue weighted by Crippen LogP contribution is -2.40. The van der Waals surface area contributed by atoms with E-state index in [0.29, 0.717) is 6.54 Å². The van der Waals surface area contributed by atoms with Gasteiger partial charge in [0.25, 0.3) is 5.91 Å². The lowest BCUT2D eigenvalue weighted by Gasteiger charge is -2.16. The van der Waals surface area contributed by atoms with Crippen LogP contribution in [0.15, 0.2) is 48.8 Å². The average molecular weight is 367 g/mol. The summed E-state index contributed by atoms with van der Waals surface area (Å²) >= 11 is 0. The zero-order valence-corrected chi connectivity index (χ0v) is 15.5. The monoisotopic (exact) mass is 367 g/mol. The van der Waals surface area contributed by atoms with Gasteiger partial charge in [0, 0.05) is 23.9 Å². The second-order valence-corrected chi connectivity index (χ2v) is 6.86. The van der Waals surface area contributed by atoms with E-state index in [1.165, 1.54) is 6.08 Å². The summed E-state index contributed by atoms with van der Waals surface area (Å²) in [5.74, 6) is -0.779. The molecule has 1 heterocycles.